The van der Waals surface area contributed by atoms with Crippen LogP contribution < -0.4 is 10.1 Å². The van der Waals surface area contributed by atoms with Gasteiger partial charge in [0.15, 0.2) is 0 Å². The number of nitrogens with one attached hydrogen (secondary N) is 1. The first-order valence-electron chi connectivity index (χ1n) is 6.47. The van der Waals surface area contributed by atoms with Crippen LogP contribution in [0.2, 0.25) is 0 Å². The smallest absolute Gasteiger partial charge is 0.119 e. The maximum Gasteiger partial charge on any atom is 0.119 e. The molecule has 1 atom stereocenters. The first kappa shape index (κ1) is 15.0. The molecule has 0 amide bonds. The van der Waals surface area contributed by atoms with Crippen LogP contribution in [0.3, 0.4) is 0 Å². The van der Waals surface area contributed by atoms with E-state index in [1.807, 2.05) is 30.3 Å². The molecule has 18 heavy (non-hydrogen) atoms. The monoisotopic (exact) mass is 252 g/mol. The number of aliphatic hydroxyl groups is 1. The molecule has 0 aliphatic rings. The molecule has 0 saturated carbocycles. The van der Waals surface area contributed by atoms with Crippen molar-refractivity contribution in [3.8, 4) is 5.75 Å². The van der Waals surface area contributed by atoms with Gasteiger partial charge in [0.2, 0.25) is 0 Å². The summed E-state index contributed by atoms with van der Waals surface area (Å²) in [5.41, 5.74) is 0. The van der Waals surface area contributed by atoms with Gasteiger partial charge in [0.05, 0.1) is 0 Å². The van der Waals surface area contributed by atoms with Gasteiger partial charge in [-0.2, -0.15) is 0 Å². The van der Waals surface area contributed by atoms with Gasteiger partial charge in [-0.15, -0.1) is 0 Å². The number of benzene rings is 1. The molecule has 1 unspecified atom stereocenters. The Kier molecular flexibility index (Phi) is 7.41. The van der Waals surface area contributed by atoms with Gasteiger partial charge in [0.1, 0.15) is 18.5 Å². The Morgan fingerprint density at radius 1 is 1.33 bits per heavy atom. The Balaban J connectivity index is 2.05. The SMILES string of the molecule is CCN(C)CCNCC(O)COc1ccccc1. The van der Waals surface area contributed by atoms with Gasteiger partial charge in [-0.1, -0.05) is 25.1 Å². The molecule has 0 radical (unpaired) electrons. The van der Waals surface area contributed by atoms with Crippen LogP contribution in [-0.2, 0) is 0 Å². The molecule has 0 bridgehead atoms. The number of nitrogens with zero attached hydrogens (tertiary/aromatic N) is 1. The number of hydrogen-bond acceptors (Lipinski definition) is 4. The third-order valence-electron chi connectivity index (χ3n) is 2.78. The van der Waals surface area contributed by atoms with E-state index in [4.69, 9.17) is 4.74 Å². The molecule has 0 spiro atoms. The Morgan fingerprint density at radius 2 is 2.06 bits per heavy atom. The minimum Gasteiger partial charge on any atom is -0.491 e. The van der Waals surface area contributed by atoms with Gasteiger partial charge in [-0.25, -0.2) is 0 Å². The topological polar surface area (TPSA) is 44.7 Å². The van der Waals surface area contributed by atoms with E-state index in [1.165, 1.54) is 0 Å². The fraction of sp³-hybridized carbons (Fsp3) is 0.571. The van der Waals surface area contributed by atoms with E-state index in [9.17, 15) is 5.11 Å². The molecule has 4 nitrogen and oxygen atoms in total. The van der Waals surface area contributed by atoms with E-state index >= 15 is 0 Å². The first-order valence-corrected chi connectivity index (χ1v) is 6.47. The third-order valence-corrected chi connectivity index (χ3v) is 2.78. The van der Waals surface area contributed by atoms with Gasteiger partial charge in [0.25, 0.3) is 0 Å². The molecule has 1 aromatic rings. The average molecular weight is 252 g/mol. The number of likely N-dealkylation sites (N-methyl/N-ethyl adjacent to an activating group) is 1. The molecule has 102 valence electrons. The van der Waals surface area contributed by atoms with E-state index in [2.05, 4.69) is 24.2 Å². The number of rotatable bonds is 9. The second kappa shape index (κ2) is 8.91. The fourth-order valence-corrected chi connectivity index (χ4v) is 1.46. The van der Waals surface area contributed by atoms with Crippen molar-refractivity contribution in [2.75, 3.05) is 39.8 Å². The van der Waals surface area contributed by atoms with Gasteiger partial charge < -0.3 is 20.1 Å². The number of aliphatic hydroxyl groups excluding tert-OH is 1. The highest BCUT2D eigenvalue weighted by Crippen LogP contribution is 2.08. The van der Waals surface area contributed by atoms with Crippen LogP contribution in [0.15, 0.2) is 30.3 Å². The van der Waals surface area contributed by atoms with Crippen molar-refractivity contribution >= 4 is 0 Å². The lowest BCUT2D eigenvalue weighted by molar-refractivity contribution is 0.106. The fourth-order valence-electron chi connectivity index (χ4n) is 1.46. The van der Waals surface area contributed by atoms with Crippen LogP contribution in [0, 0.1) is 0 Å². The van der Waals surface area contributed by atoms with E-state index in [1.54, 1.807) is 0 Å². The Labute approximate surface area is 110 Å². The molecular formula is C14H24N2O2. The van der Waals surface area contributed by atoms with Crippen molar-refractivity contribution in [2.45, 2.75) is 13.0 Å². The molecule has 1 rings (SSSR count). The van der Waals surface area contributed by atoms with Crippen molar-refractivity contribution in [1.29, 1.82) is 0 Å². The minimum atomic E-state index is -0.475. The van der Waals surface area contributed by atoms with Crippen LogP contribution in [0.25, 0.3) is 0 Å². The Hall–Kier alpha value is -1.10. The lowest BCUT2D eigenvalue weighted by atomic mass is 10.3. The largest absolute Gasteiger partial charge is 0.491 e. The van der Waals surface area contributed by atoms with E-state index in [-0.39, 0.29) is 0 Å². The summed E-state index contributed by atoms with van der Waals surface area (Å²) in [5, 5.41) is 12.9. The lowest BCUT2D eigenvalue weighted by Crippen LogP contribution is -2.36. The van der Waals surface area contributed by atoms with Crippen molar-refractivity contribution in [3.63, 3.8) is 0 Å². The Bertz CT molecular complexity index is 306. The zero-order valence-corrected chi connectivity index (χ0v) is 11.3. The lowest BCUT2D eigenvalue weighted by Gasteiger charge is -2.16. The molecule has 1 aromatic carbocycles. The van der Waals surface area contributed by atoms with E-state index in [0.29, 0.717) is 13.2 Å². The van der Waals surface area contributed by atoms with Gasteiger partial charge >= 0.3 is 0 Å². The molecular weight excluding hydrogens is 228 g/mol. The van der Waals surface area contributed by atoms with Crippen molar-refractivity contribution in [2.24, 2.45) is 0 Å². The van der Waals surface area contributed by atoms with Crippen molar-refractivity contribution < 1.29 is 9.84 Å². The molecule has 0 heterocycles. The highest BCUT2D eigenvalue weighted by molar-refractivity contribution is 5.20. The number of ether oxygens (including phenoxy) is 1. The van der Waals surface area contributed by atoms with Crippen LogP contribution in [0.4, 0.5) is 0 Å². The predicted molar refractivity (Wildman–Crippen MR) is 74.0 cm³/mol. The summed E-state index contributed by atoms with van der Waals surface area (Å²) in [6.45, 7) is 5.92. The normalized spacial score (nSPS) is 12.7. The zero-order chi connectivity index (χ0) is 13.2. The third kappa shape index (κ3) is 6.59. The molecule has 0 saturated heterocycles. The Morgan fingerprint density at radius 3 is 2.72 bits per heavy atom. The maximum absolute atomic E-state index is 9.73. The summed E-state index contributed by atoms with van der Waals surface area (Å²) < 4.78 is 5.47. The van der Waals surface area contributed by atoms with Gasteiger partial charge in [0, 0.05) is 19.6 Å². The molecule has 0 aliphatic heterocycles. The molecule has 0 aliphatic carbocycles. The number of para-hydroxylation sites is 1. The quantitative estimate of drug-likeness (QED) is 0.643. The minimum absolute atomic E-state index is 0.320. The second-order valence-corrected chi connectivity index (χ2v) is 4.38. The van der Waals surface area contributed by atoms with Crippen LogP contribution in [-0.4, -0.2) is 55.9 Å². The summed E-state index contributed by atoms with van der Waals surface area (Å²) in [6.07, 6.45) is -0.475. The van der Waals surface area contributed by atoms with Crippen molar-refractivity contribution in [3.05, 3.63) is 30.3 Å². The summed E-state index contributed by atoms with van der Waals surface area (Å²) in [5.74, 6) is 0.794. The summed E-state index contributed by atoms with van der Waals surface area (Å²) in [6, 6.07) is 9.54. The predicted octanol–water partition coefficient (Wildman–Crippen LogP) is 0.968. The van der Waals surface area contributed by atoms with Crippen molar-refractivity contribution in [1.82, 2.24) is 10.2 Å². The highest BCUT2D eigenvalue weighted by atomic mass is 16.5. The molecule has 2 N–H and O–H groups in total. The van der Waals surface area contributed by atoms with E-state index < -0.39 is 6.10 Å². The molecule has 0 fully saturated rings. The van der Waals surface area contributed by atoms with Crippen LogP contribution in [0.5, 0.6) is 5.75 Å². The van der Waals surface area contributed by atoms with Gasteiger partial charge in [-0.3, -0.25) is 0 Å². The zero-order valence-electron chi connectivity index (χ0n) is 11.3. The van der Waals surface area contributed by atoms with E-state index in [0.717, 1.165) is 25.4 Å². The standard InChI is InChI=1S/C14H24N2O2/c1-3-16(2)10-9-15-11-13(17)12-18-14-7-5-4-6-8-14/h4-8,13,15,17H,3,9-12H2,1-2H3. The maximum atomic E-state index is 9.73. The van der Waals surface area contributed by atoms with Crippen LogP contribution >= 0.6 is 0 Å². The van der Waals surface area contributed by atoms with Gasteiger partial charge in [-0.05, 0) is 25.7 Å². The highest BCUT2D eigenvalue weighted by Gasteiger charge is 2.04. The summed E-state index contributed by atoms with van der Waals surface area (Å²) >= 11 is 0. The summed E-state index contributed by atoms with van der Waals surface area (Å²) in [7, 11) is 2.08. The summed E-state index contributed by atoms with van der Waals surface area (Å²) in [4.78, 5) is 2.22. The first-order chi connectivity index (χ1) is 8.72. The molecule has 4 heteroatoms. The van der Waals surface area contributed by atoms with Crippen LogP contribution in [0.1, 0.15) is 6.92 Å². The number of hydrogen-bond donors (Lipinski definition) is 2. The second-order valence-electron chi connectivity index (χ2n) is 4.38. The molecule has 0 aromatic heterocycles. The average Bonchev–Trinajstić information content (AvgIpc) is 2.42.